The number of aryl methyl sites for hydroxylation is 1. The van der Waals surface area contributed by atoms with E-state index in [0.29, 0.717) is 47.8 Å². The molecule has 4 heterocycles. The van der Waals surface area contributed by atoms with Gasteiger partial charge in [0.1, 0.15) is 5.52 Å². The summed E-state index contributed by atoms with van der Waals surface area (Å²) < 4.78 is 1.95. The maximum atomic E-state index is 13.6. The Morgan fingerprint density at radius 1 is 1.06 bits per heavy atom. The molecule has 0 radical (unpaired) electrons. The number of halogens is 1. The highest BCUT2D eigenvalue weighted by Gasteiger charge is 2.40. The number of nitrogens with one attached hydrogen (secondary N) is 2. The molecule has 2 aromatic carbocycles. The number of nitrogens with zero attached hydrogens (tertiary/aromatic N) is 5. The number of imidazole rings is 1. The first-order valence-corrected chi connectivity index (χ1v) is 18.1. The molecule has 1 saturated heterocycles. The molecule has 1 aliphatic carbocycles. The molecule has 0 saturated carbocycles. The number of hydrogen-bond donors (Lipinski definition) is 3. The predicted molar refractivity (Wildman–Crippen MR) is 202 cm³/mol. The Kier molecular flexibility index (Phi) is 9.56. The monoisotopic (exact) mass is 705 g/mol. The largest absolute Gasteiger partial charge is 0.481 e. The van der Waals surface area contributed by atoms with Gasteiger partial charge >= 0.3 is 5.97 Å². The van der Waals surface area contributed by atoms with E-state index in [1.807, 2.05) is 74.1 Å². The molecule has 11 heteroatoms. The van der Waals surface area contributed by atoms with Crippen molar-refractivity contribution < 1.29 is 14.7 Å². The van der Waals surface area contributed by atoms with Crippen molar-refractivity contribution in [3.05, 3.63) is 94.3 Å². The Morgan fingerprint density at radius 2 is 1.84 bits per heavy atom. The molecule has 5 aromatic rings. The Hall–Kier alpha value is -4.80. The van der Waals surface area contributed by atoms with Gasteiger partial charge in [0.2, 0.25) is 0 Å². The lowest BCUT2D eigenvalue weighted by molar-refractivity contribution is -0.147. The first-order chi connectivity index (χ1) is 24.5. The second-order valence-electron chi connectivity index (χ2n) is 14.5. The van der Waals surface area contributed by atoms with Crippen molar-refractivity contribution in [1.29, 1.82) is 0 Å². The van der Waals surface area contributed by atoms with Gasteiger partial charge in [-0.1, -0.05) is 49.2 Å². The third kappa shape index (κ3) is 6.95. The summed E-state index contributed by atoms with van der Waals surface area (Å²) in [7, 11) is 1.93. The van der Waals surface area contributed by atoms with E-state index < -0.39 is 11.4 Å². The first kappa shape index (κ1) is 34.6. The first-order valence-electron chi connectivity index (χ1n) is 17.7. The lowest BCUT2D eigenvalue weighted by Crippen LogP contribution is -2.31. The summed E-state index contributed by atoms with van der Waals surface area (Å²) in [5, 5.41) is 17.6. The number of carboxylic acids is 1. The molecular formula is C40H44ClN7O3. The average Bonchev–Trinajstić information content (AvgIpc) is 3.63. The standard InChI is InChI=1S/C40H44ClN7O3/c1-24-8-5-12-31-33(15-14-24)47(4)37(45-31)38(49)46-32-13-7-10-29(34(32)41)28-9-6-11-30(25(28)2)44-36-35-27(16-18-42-36)20-26(21-43-35)22-48-19-17-40(3,23-48)39(50)51/h6-7,9-11,13,16,18,20-21,24H,5,8,12,14-15,17,19,22-23H2,1-4H3,(H,42,44)(H,46,49)(H,50,51)/t24?,40-/m1/s1. The number of anilines is 3. The number of benzene rings is 2. The van der Waals surface area contributed by atoms with Gasteiger partial charge in [-0.3, -0.25) is 19.5 Å². The Bertz CT molecular complexity index is 2150. The molecule has 10 nitrogen and oxygen atoms in total. The number of carbonyl (C=O) groups is 2. The Labute approximate surface area is 303 Å². The van der Waals surface area contributed by atoms with Gasteiger partial charge in [-0.2, -0.15) is 0 Å². The van der Waals surface area contributed by atoms with Gasteiger partial charge in [0.15, 0.2) is 11.6 Å². The van der Waals surface area contributed by atoms with E-state index in [1.54, 1.807) is 6.20 Å². The fourth-order valence-corrected chi connectivity index (χ4v) is 7.84. The van der Waals surface area contributed by atoms with Gasteiger partial charge in [-0.25, -0.2) is 9.97 Å². The van der Waals surface area contributed by atoms with Crippen LogP contribution in [0.1, 0.15) is 72.7 Å². The number of aromatic nitrogens is 4. The van der Waals surface area contributed by atoms with Crippen LogP contribution in [0.5, 0.6) is 0 Å². The van der Waals surface area contributed by atoms with Gasteiger partial charge in [-0.05, 0) is 99.4 Å². The molecule has 1 aliphatic heterocycles. The molecule has 2 atom stereocenters. The van der Waals surface area contributed by atoms with Crippen molar-refractivity contribution in [1.82, 2.24) is 24.4 Å². The molecule has 1 amide bonds. The zero-order chi connectivity index (χ0) is 35.9. The number of amides is 1. The molecular weight excluding hydrogens is 662 g/mol. The number of carbonyl (C=O) groups excluding carboxylic acids is 1. The van der Waals surface area contributed by atoms with Crippen LogP contribution in [-0.2, 0) is 31.2 Å². The molecule has 2 aliphatic rings. The van der Waals surface area contributed by atoms with E-state index in [0.717, 1.165) is 82.5 Å². The zero-order valence-corrected chi connectivity index (χ0v) is 30.3. The highest BCUT2D eigenvalue weighted by molar-refractivity contribution is 6.36. The van der Waals surface area contributed by atoms with Gasteiger partial charge in [0.05, 0.1) is 21.8 Å². The Morgan fingerprint density at radius 3 is 2.63 bits per heavy atom. The van der Waals surface area contributed by atoms with Crippen LogP contribution >= 0.6 is 11.6 Å². The predicted octanol–water partition coefficient (Wildman–Crippen LogP) is 8.19. The molecule has 3 N–H and O–H groups in total. The van der Waals surface area contributed by atoms with Crippen LogP contribution in [-0.4, -0.2) is 54.5 Å². The molecule has 0 spiro atoms. The quantitative estimate of drug-likeness (QED) is 0.148. The molecule has 264 valence electrons. The van der Waals surface area contributed by atoms with Crippen molar-refractivity contribution in [3.63, 3.8) is 0 Å². The molecule has 1 fully saturated rings. The fourth-order valence-electron chi connectivity index (χ4n) is 7.56. The molecule has 1 unspecified atom stereocenters. The summed E-state index contributed by atoms with van der Waals surface area (Å²) >= 11 is 7.03. The number of hydrogen-bond acceptors (Lipinski definition) is 7. The van der Waals surface area contributed by atoms with Crippen LogP contribution in [0.25, 0.3) is 22.0 Å². The lowest BCUT2D eigenvalue weighted by Gasteiger charge is -2.20. The number of pyridine rings is 2. The summed E-state index contributed by atoms with van der Waals surface area (Å²) in [6, 6.07) is 15.7. The van der Waals surface area contributed by atoms with E-state index in [-0.39, 0.29) is 5.91 Å². The van der Waals surface area contributed by atoms with Crippen LogP contribution in [0.15, 0.2) is 60.9 Å². The average molecular weight is 706 g/mol. The fraction of sp³-hybridized carbons (Fsp3) is 0.375. The summed E-state index contributed by atoms with van der Waals surface area (Å²) in [4.78, 5) is 41.6. The zero-order valence-electron chi connectivity index (χ0n) is 29.6. The third-order valence-corrected chi connectivity index (χ3v) is 11.1. The number of fused-ring (bicyclic) bond motifs is 2. The third-order valence-electron chi connectivity index (χ3n) is 10.7. The normalized spacial score (nSPS) is 19.4. The summed E-state index contributed by atoms with van der Waals surface area (Å²) in [5.41, 5.74) is 7.29. The van der Waals surface area contributed by atoms with E-state index in [4.69, 9.17) is 21.6 Å². The van der Waals surface area contributed by atoms with Crippen LogP contribution in [0, 0.1) is 18.3 Å². The summed E-state index contributed by atoms with van der Waals surface area (Å²) in [6.07, 6.45) is 9.42. The van der Waals surface area contributed by atoms with Crippen molar-refractivity contribution in [3.8, 4) is 11.1 Å². The van der Waals surface area contributed by atoms with E-state index in [1.165, 1.54) is 6.42 Å². The minimum absolute atomic E-state index is 0.277. The molecule has 0 bridgehead atoms. The topological polar surface area (TPSA) is 125 Å². The minimum atomic E-state index is -0.747. The van der Waals surface area contributed by atoms with E-state index in [9.17, 15) is 14.7 Å². The van der Waals surface area contributed by atoms with Crippen molar-refractivity contribution in [2.45, 2.75) is 65.8 Å². The van der Waals surface area contributed by atoms with E-state index in [2.05, 4.69) is 33.5 Å². The van der Waals surface area contributed by atoms with Gasteiger partial charge < -0.3 is 20.3 Å². The molecule has 51 heavy (non-hydrogen) atoms. The number of likely N-dealkylation sites (tertiary alicyclic amines) is 1. The van der Waals surface area contributed by atoms with Gasteiger partial charge in [0, 0.05) is 54.9 Å². The van der Waals surface area contributed by atoms with Crippen LogP contribution in [0.2, 0.25) is 5.02 Å². The van der Waals surface area contributed by atoms with Gasteiger partial charge in [0.25, 0.3) is 5.91 Å². The van der Waals surface area contributed by atoms with Crippen molar-refractivity contribution in [2.24, 2.45) is 18.4 Å². The van der Waals surface area contributed by atoms with Crippen LogP contribution in [0.3, 0.4) is 0 Å². The second kappa shape index (κ2) is 14.1. The summed E-state index contributed by atoms with van der Waals surface area (Å²) in [6.45, 7) is 8.03. The second-order valence-corrected chi connectivity index (χ2v) is 14.9. The highest BCUT2D eigenvalue weighted by Crippen LogP contribution is 2.39. The SMILES string of the molecule is Cc1c(Nc2nccc3cc(CN4CC[C@@](C)(C(=O)O)C4)cnc23)cccc1-c1cccc(NC(=O)c2nc3c(n2C)CCC(C)CCC3)c1Cl. The molecule has 3 aromatic heterocycles. The number of carboxylic acid groups (broad SMARTS) is 1. The van der Waals surface area contributed by atoms with Crippen molar-refractivity contribution >= 4 is 51.6 Å². The smallest absolute Gasteiger partial charge is 0.310 e. The Balaban J connectivity index is 1.10. The van der Waals surface area contributed by atoms with Gasteiger partial charge in [-0.15, -0.1) is 0 Å². The number of aliphatic carboxylic acids is 1. The lowest BCUT2D eigenvalue weighted by atomic mass is 9.90. The maximum absolute atomic E-state index is 13.6. The van der Waals surface area contributed by atoms with E-state index >= 15 is 0 Å². The van der Waals surface area contributed by atoms with Crippen molar-refractivity contribution in [2.75, 3.05) is 23.7 Å². The maximum Gasteiger partial charge on any atom is 0.310 e. The number of rotatable bonds is 8. The molecule has 7 rings (SSSR count). The van der Waals surface area contributed by atoms with Crippen LogP contribution in [0.4, 0.5) is 17.2 Å². The van der Waals surface area contributed by atoms with Crippen LogP contribution < -0.4 is 10.6 Å². The minimum Gasteiger partial charge on any atom is -0.481 e. The highest BCUT2D eigenvalue weighted by atomic mass is 35.5. The summed E-state index contributed by atoms with van der Waals surface area (Å²) in [5.74, 6) is 0.677.